The Morgan fingerprint density at radius 2 is 1.86 bits per heavy atom. The van der Waals surface area contributed by atoms with Crippen LogP contribution in [-0.4, -0.2) is 106 Å². The van der Waals surface area contributed by atoms with Gasteiger partial charge in [-0.05, 0) is 62.4 Å². The third kappa shape index (κ3) is 7.00. The fourth-order valence-corrected chi connectivity index (χ4v) is 7.18. The topological polar surface area (TPSA) is 103 Å². The van der Waals surface area contributed by atoms with E-state index in [1.807, 2.05) is 35.5 Å². The van der Waals surface area contributed by atoms with Crippen LogP contribution in [0.15, 0.2) is 49.1 Å². The predicted molar refractivity (Wildman–Crippen MR) is 167 cm³/mol. The fourth-order valence-electron chi connectivity index (χ4n) is 7.18. The number of rotatable bonds is 8. The summed E-state index contributed by atoms with van der Waals surface area (Å²) in [6.07, 6.45) is 9.91. The maximum Gasteiger partial charge on any atom is 0.240 e. The normalized spacial score (nSPS) is 21.8. The third-order valence-corrected chi connectivity index (χ3v) is 9.66. The summed E-state index contributed by atoms with van der Waals surface area (Å²) in [6.45, 7) is 11.0. The van der Waals surface area contributed by atoms with Gasteiger partial charge in [0.05, 0.1) is 24.1 Å². The van der Waals surface area contributed by atoms with E-state index in [-0.39, 0.29) is 11.8 Å². The van der Waals surface area contributed by atoms with Crippen molar-refractivity contribution in [3.05, 3.63) is 65.9 Å². The highest BCUT2D eigenvalue weighted by molar-refractivity contribution is 5.78. The molecular weight excluding hydrogens is 554 g/mol. The van der Waals surface area contributed by atoms with Crippen LogP contribution in [0, 0.1) is 5.92 Å². The molecule has 2 aromatic heterocycles. The molecule has 11 nitrogen and oxygen atoms in total. The zero-order chi connectivity index (χ0) is 29.7. The number of carbonyl (C=O) groups is 1. The monoisotopic (exact) mass is 597 g/mol. The molecule has 6 heterocycles. The first kappa shape index (κ1) is 29.1. The number of anilines is 1. The molecular formula is C33H43N9O2. The Hall–Kier alpha value is -3.67. The molecule has 0 unspecified atom stereocenters. The Balaban J connectivity index is 0.927. The van der Waals surface area contributed by atoms with Crippen molar-refractivity contribution in [3.63, 3.8) is 0 Å². The molecule has 0 aliphatic carbocycles. The Morgan fingerprint density at radius 3 is 2.73 bits per heavy atom. The number of ether oxygens (including phenoxy) is 1. The average molecular weight is 598 g/mol. The standard InChI is InChI=1S/C33H43N9O2/c43-33(23-40-20-28-17-35-24-36-31(28)22-40)42-10-2-4-27(21-42)26-3-1-5-30(15-26)44-32-16-29(18-37-38-32)41-13-11-39(12-14-41)19-25-6-8-34-9-7-25/h1,3,5,15-18,24-25,27,34H,2,4,6-14,19-23H2/t27-/m1/s1. The number of nitrogens with one attached hydrogen (secondary N) is 1. The molecule has 1 N–H and O–H groups in total. The Kier molecular flexibility index (Phi) is 8.94. The van der Waals surface area contributed by atoms with Crippen molar-refractivity contribution in [1.82, 2.24) is 40.2 Å². The van der Waals surface area contributed by atoms with E-state index in [2.05, 4.69) is 52.3 Å². The molecule has 0 bridgehead atoms. The van der Waals surface area contributed by atoms with Crippen molar-refractivity contribution in [1.29, 1.82) is 0 Å². The molecule has 3 aromatic rings. The van der Waals surface area contributed by atoms with Gasteiger partial charge in [0.25, 0.3) is 0 Å². The van der Waals surface area contributed by atoms with Gasteiger partial charge in [0, 0.05) is 82.6 Å². The molecule has 1 amide bonds. The molecule has 0 radical (unpaired) electrons. The van der Waals surface area contributed by atoms with Gasteiger partial charge in [-0.1, -0.05) is 12.1 Å². The van der Waals surface area contributed by atoms with Crippen LogP contribution in [0.4, 0.5) is 5.69 Å². The van der Waals surface area contributed by atoms with Gasteiger partial charge in [-0.3, -0.25) is 14.6 Å². The first-order valence-electron chi connectivity index (χ1n) is 16.2. The molecule has 3 fully saturated rings. The predicted octanol–water partition coefficient (Wildman–Crippen LogP) is 2.90. The van der Waals surface area contributed by atoms with Crippen LogP contribution in [0.25, 0.3) is 0 Å². The minimum Gasteiger partial charge on any atom is -0.437 e. The lowest BCUT2D eigenvalue weighted by Gasteiger charge is -2.38. The van der Waals surface area contributed by atoms with E-state index in [4.69, 9.17) is 4.74 Å². The van der Waals surface area contributed by atoms with Crippen molar-refractivity contribution in [3.8, 4) is 11.6 Å². The summed E-state index contributed by atoms with van der Waals surface area (Å²) >= 11 is 0. The van der Waals surface area contributed by atoms with Crippen molar-refractivity contribution in [2.75, 3.05) is 70.3 Å². The van der Waals surface area contributed by atoms with Crippen LogP contribution in [0.1, 0.15) is 48.4 Å². The first-order valence-corrected chi connectivity index (χ1v) is 16.2. The Labute approximate surface area is 259 Å². The summed E-state index contributed by atoms with van der Waals surface area (Å²) < 4.78 is 6.24. The van der Waals surface area contributed by atoms with E-state index in [0.717, 1.165) is 100 Å². The van der Waals surface area contributed by atoms with E-state index in [0.29, 0.717) is 19.0 Å². The molecule has 0 spiro atoms. The SMILES string of the molecule is O=C(CN1Cc2cncnc2C1)N1CCC[C@@H](c2cccc(Oc3cc(N4CCN(CC5CCNCC5)CC4)cnn3)c2)C1. The number of aromatic nitrogens is 4. The minimum atomic E-state index is 0.182. The number of amides is 1. The highest BCUT2D eigenvalue weighted by atomic mass is 16.5. The van der Waals surface area contributed by atoms with Crippen LogP contribution >= 0.6 is 0 Å². The minimum absolute atomic E-state index is 0.182. The smallest absolute Gasteiger partial charge is 0.240 e. The zero-order valence-electron chi connectivity index (χ0n) is 25.5. The van der Waals surface area contributed by atoms with Gasteiger partial charge < -0.3 is 19.9 Å². The summed E-state index contributed by atoms with van der Waals surface area (Å²) in [5, 5.41) is 12.0. The van der Waals surface area contributed by atoms with Crippen LogP contribution in [-0.2, 0) is 17.9 Å². The Morgan fingerprint density at radius 1 is 0.977 bits per heavy atom. The Bertz CT molecular complexity index is 1400. The summed E-state index contributed by atoms with van der Waals surface area (Å²) in [5.74, 6) is 2.54. The number of carbonyl (C=O) groups excluding carboxylic acids is 1. The lowest BCUT2D eigenvalue weighted by atomic mass is 9.90. The molecule has 1 aromatic carbocycles. The number of piperidine rings is 2. The maximum atomic E-state index is 13.3. The van der Waals surface area contributed by atoms with Crippen molar-refractivity contribution in [2.45, 2.75) is 44.7 Å². The van der Waals surface area contributed by atoms with Crippen LogP contribution in [0.5, 0.6) is 11.6 Å². The molecule has 4 aliphatic rings. The lowest BCUT2D eigenvalue weighted by Crippen LogP contribution is -2.48. The number of benzene rings is 1. The molecule has 232 valence electrons. The van der Waals surface area contributed by atoms with Crippen molar-refractivity contribution in [2.24, 2.45) is 5.92 Å². The van der Waals surface area contributed by atoms with Gasteiger partial charge >= 0.3 is 0 Å². The highest BCUT2D eigenvalue weighted by Crippen LogP contribution is 2.31. The van der Waals surface area contributed by atoms with Gasteiger partial charge in [0.1, 0.15) is 12.1 Å². The van der Waals surface area contributed by atoms with Crippen molar-refractivity contribution < 1.29 is 9.53 Å². The van der Waals surface area contributed by atoms with Gasteiger partial charge in [0.2, 0.25) is 11.8 Å². The van der Waals surface area contributed by atoms with E-state index in [1.165, 1.54) is 24.9 Å². The van der Waals surface area contributed by atoms with Crippen LogP contribution in [0.3, 0.4) is 0 Å². The molecule has 7 rings (SSSR count). The number of piperazine rings is 1. The largest absolute Gasteiger partial charge is 0.437 e. The molecule has 0 saturated carbocycles. The molecule has 11 heteroatoms. The quantitative estimate of drug-likeness (QED) is 0.417. The number of likely N-dealkylation sites (tertiary alicyclic amines) is 1. The number of hydrogen-bond donors (Lipinski definition) is 1. The second kappa shape index (κ2) is 13.5. The zero-order valence-corrected chi connectivity index (χ0v) is 25.5. The molecule has 3 saturated heterocycles. The average Bonchev–Trinajstić information content (AvgIpc) is 3.48. The molecule has 4 aliphatic heterocycles. The summed E-state index contributed by atoms with van der Waals surface area (Å²) in [5.41, 5.74) is 4.40. The maximum absolute atomic E-state index is 13.3. The second-order valence-corrected chi connectivity index (χ2v) is 12.7. The van der Waals surface area contributed by atoms with Crippen LogP contribution < -0.4 is 15.0 Å². The van der Waals surface area contributed by atoms with E-state index in [1.54, 1.807) is 6.33 Å². The van der Waals surface area contributed by atoms with Crippen LogP contribution in [0.2, 0.25) is 0 Å². The van der Waals surface area contributed by atoms with Gasteiger partial charge in [-0.15, -0.1) is 5.10 Å². The summed E-state index contributed by atoms with van der Waals surface area (Å²) in [6, 6.07) is 10.3. The summed E-state index contributed by atoms with van der Waals surface area (Å²) in [7, 11) is 0. The molecule has 1 atom stereocenters. The number of nitrogens with zero attached hydrogens (tertiary/aromatic N) is 8. The third-order valence-electron chi connectivity index (χ3n) is 9.66. The lowest BCUT2D eigenvalue weighted by molar-refractivity contribution is -0.133. The van der Waals surface area contributed by atoms with Gasteiger partial charge in [-0.2, -0.15) is 5.10 Å². The van der Waals surface area contributed by atoms with Gasteiger partial charge in [-0.25, -0.2) is 9.97 Å². The van der Waals surface area contributed by atoms with Crippen molar-refractivity contribution >= 4 is 11.6 Å². The first-order chi connectivity index (χ1) is 21.7. The fraction of sp³-hybridized carbons (Fsp3) is 0.545. The summed E-state index contributed by atoms with van der Waals surface area (Å²) in [4.78, 5) is 30.9. The van der Waals surface area contributed by atoms with Gasteiger partial charge in [0.15, 0.2) is 0 Å². The van der Waals surface area contributed by atoms with E-state index < -0.39 is 0 Å². The van der Waals surface area contributed by atoms with E-state index >= 15 is 0 Å². The number of hydrogen-bond acceptors (Lipinski definition) is 10. The number of fused-ring (bicyclic) bond motifs is 1. The van der Waals surface area contributed by atoms with E-state index in [9.17, 15) is 4.79 Å². The molecule has 44 heavy (non-hydrogen) atoms. The highest BCUT2D eigenvalue weighted by Gasteiger charge is 2.29. The second-order valence-electron chi connectivity index (χ2n) is 12.7.